The Morgan fingerprint density at radius 1 is 0.867 bits per heavy atom. The van der Waals surface area contributed by atoms with Crippen molar-refractivity contribution in [2.24, 2.45) is 4.99 Å². The minimum absolute atomic E-state index is 0.0331. The first-order valence-corrected chi connectivity index (χ1v) is 10.7. The van der Waals surface area contributed by atoms with Gasteiger partial charge in [-0.3, -0.25) is 14.7 Å². The summed E-state index contributed by atoms with van der Waals surface area (Å²) < 4.78 is 0. The fourth-order valence-corrected chi connectivity index (χ4v) is 4.06. The molecule has 5 heteroatoms. The molecule has 152 valence electrons. The van der Waals surface area contributed by atoms with Gasteiger partial charge >= 0.3 is 0 Å². The van der Waals surface area contributed by atoms with Gasteiger partial charge < -0.3 is 0 Å². The van der Waals surface area contributed by atoms with Crippen molar-refractivity contribution in [2.45, 2.75) is 32.4 Å². The number of hydrogen-bond acceptors (Lipinski definition) is 2. The number of aryl methyl sites for hydroxylation is 1. The molecule has 3 aromatic rings. The van der Waals surface area contributed by atoms with Crippen LogP contribution in [0.1, 0.15) is 47.7 Å². The topological polar surface area (TPSA) is 32.7 Å². The molecule has 0 aromatic heterocycles. The fourth-order valence-electron chi connectivity index (χ4n) is 3.81. The monoisotopic (exact) mass is 436 g/mol. The molecule has 1 amide bonds. The van der Waals surface area contributed by atoms with Crippen LogP contribution in [0.2, 0.25) is 10.0 Å². The largest absolute Gasteiger partial charge is 0.286 e. The van der Waals surface area contributed by atoms with Crippen LogP contribution in [0, 0.1) is 6.92 Å². The average Bonchev–Trinajstić information content (AvgIpc) is 3.15. The molecule has 0 saturated heterocycles. The molecule has 0 saturated carbocycles. The second-order valence-electron chi connectivity index (χ2n) is 7.43. The van der Waals surface area contributed by atoms with Gasteiger partial charge in [-0.25, -0.2) is 0 Å². The lowest BCUT2D eigenvalue weighted by Crippen LogP contribution is -2.37. The minimum Gasteiger partial charge on any atom is -0.286 e. The third-order valence-electron chi connectivity index (χ3n) is 5.37. The molecule has 0 N–H and O–H groups in total. The van der Waals surface area contributed by atoms with Crippen LogP contribution in [0.15, 0.2) is 77.8 Å². The number of rotatable bonds is 4. The lowest BCUT2D eigenvalue weighted by molar-refractivity contribution is -0.128. The van der Waals surface area contributed by atoms with Crippen molar-refractivity contribution in [3.05, 3.63) is 105 Å². The van der Waals surface area contributed by atoms with E-state index in [-0.39, 0.29) is 18.0 Å². The highest BCUT2D eigenvalue weighted by atomic mass is 35.5. The Morgan fingerprint density at radius 3 is 1.93 bits per heavy atom. The zero-order valence-electron chi connectivity index (χ0n) is 16.8. The highest BCUT2D eigenvalue weighted by Gasteiger charge is 2.41. The van der Waals surface area contributed by atoms with Crippen LogP contribution in [-0.2, 0) is 4.79 Å². The normalized spacial score (nSPS) is 18.4. The zero-order chi connectivity index (χ0) is 21.3. The van der Waals surface area contributed by atoms with Gasteiger partial charge in [-0.15, -0.1) is 0 Å². The van der Waals surface area contributed by atoms with E-state index in [2.05, 4.69) is 0 Å². The maximum atomic E-state index is 13.1. The van der Waals surface area contributed by atoms with E-state index in [0.29, 0.717) is 22.3 Å². The lowest BCUT2D eigenvalue weighted by atomic mass is 9.93. The van der Waals surface area contributed by atoms with E-state index in [1.807, 2.05) is 91.5 Å². The molecule has 3 nitrogen and oxygen atoms in total. The molecule has 4 rings (SSSR count). The molecule has 3 aromatic carbocycles. The van der Waals surface area contributed by atoms with E-state index in [9.17, 15) is 4.79 Å². The molecular weight excluding hydrogens is 415 g/mol. The quantitative estimate of drug-likeness (QED) is 0.443. The average molecular weight is 437 g/mol. The second kappa shape index (κ2) is 8.63. The van der Waals surface area contributed by atoms with E-state index in [4.69, 9.17) is 28.2 Å². The first-order valence-electron chi connectivity index (χ1n) is 9.95. The standard InChI is InChI=1S/C25H22Cl2N2O/c1-3-22(30)29-24(18-10-14-21(27)15-11-18)23(17-8-12-20(26)13-9-17)28-25(29)19-6-4-16(2)5-7-19/h4-15,23-24H,3H2,1-2H3/t23-,24+/m1/s1. The number of amidine groups is 1. The lowest BCUT2D eigenvalue weighted by Gasteiger charge is -2.29. The number of aliphatic imine (C=N–C) groups is 1. The number of carbonyl (C=O) groups excluding carboxylic acids is 1. The van der Waals surface area contributed by atoms with Crippen LogP contribution in [0.3, 0.4) is 0 Å². The van der Waals surface area contributed by atoms with E-state index in [0.717, 1.165) is 22.3 Å². The second-order valence-corrected chi connectivity index (χ2v) is 8.30. The summed E-state index contributed by atoms with van der Waals surface area (Å²) in [5.74, 6) is 0.729. The summed E-state index contributed by atoms with van der Waals surface area (Å²) in [6.07, 6.45) is 0.391. The highest BCUT2D eigenvalue weighted by molar-refractivity contribution is 6.30. The molecule has 1 aliphatic rings. The molecule has 0 fully saturated rings. The third kappa shape index (κ3) is 4.00. The Morgan fingerprint density at radius 2 is 1.40 bits per heavy atom. The van der Waals surface area contributed by atoms with Crippen molar-refractivity contribution < 1.29 is 4.79 Å². The van der Waals surface area contributed by atoms with Crippen LogP contribution in [0.4, 0.5) is 0 Å². The zero-order valence-corrected chi connectivity index (χ0v) is 18.4. The molecular formula is C25H22Cl2N2O. The molecule has 0 radical (unpaired) electrons. The summed E-state index contributed by atoms with van der Waals surface area (Å²) in [6.45, 7) is 3.92. The van der Waals surface area contributed by atoms with Crippen molar-refractivity contribution >= 4 is 34.9 Å². The molecule has 1 aliphatic heterocycles. The van der Waals surface area contributed by atoms with Crippen molar-refractivity contribution in [1.82, 2.24) is 4.90 Å². The Hall–Kier alpha value is -2.62. The van der Waals surface area contributed by atoms with Gasteiger partial charge in [-0.2, -0.15) is 0 Å². The maximum absolute atomic E-state index is 13.1. The van der Waals surface area contributed by atoms with Gasteiger partial charge in [0.25, 0.3) is 0 Å². The van der Waals surface area contributed by atoms with Gasteiger partial charge in [-0.1, -0.05) is 84.2 Å². The third-order valence-corrected chi connectivity index (χ3v) is 5.87. The van der Waals surface area contributed by atoms with Gasteiger partial charge in [0, 0.05) is 22.0 Å². The van der Waals surface area contributed by atoms with Gasteiger partial charge in [0.2, 0.25) is 5.91 Å². The fraction of sp³-hybridized carbons (Fsp3) is 0.200. The summed E-state index contributed by atoms with van der Waals surface area (Å²) in [7, 11) is 0. The smallest absolute Gasteiger partial charge is 0.228 e. The van der Waals surface area contributed by atoms with Crippen molar-refractivity contribution in [3.63, 3.8) is 0 Å². The Bertz CT molecular complexity index is 1070. The molecule has 0 bridgehead atoms. The first kappa shape index (κ1) is 20.6. The number of nitrogens with zero attached hydrogens (tertiary/aromatic N) is 2. The Balaban J connectivity index is 1.88. The predicted octanol–water partition coefficient (Wildman–Crippen LogP) is 6.78. The van der Waals surface area contributed by atoms with Crippen LogP contribution in [0.5, 0.6) is 0 Å². The van der Waals surface area contributed by atoms with Gasteiger partial charge in [0.1, 0.15) is 11.9 Å². The van der Waals surface area contributed by atoms with E-state index in [1.165, 1.54) is 0 Å². The van der Waals surface area contributed by atoms with Crippen LogP contribution < -0.4 is 0 Å². The first-order chi connectivity index (χ1) is 14.5. The summed E-state index contributed by atoms with van der Waals surface area (Å²) >= 11 is 12.2. The molecule has 1 heterocycles. The van der Waals surface area contributed by atoms with Crippen molar-refractivity contribution in [2.75, 3.05) is 0 Å². The highest BCUT2D eigenvalue weighted by Crippen LogP contribution is 2.44. The summed E-state index contributed by atoms with van der Waals surface area (Å²) in [5, 5.41) is 1.33. The van der Waals surface area contributed by atoms with Gasteiger partial charge in [-0.05, 0) is 42.3 Å². The molecule has 30 heavy (non-hydrogen) atoms. The summed E-state index contributed by atoms with van der Waals surface area (Å²) in [4.78, 5) is 20.0. The number of halogens is 2. The van der Waals surface area contributed by atoms with Crippen molar-refractivity contribution in [3.8, 4) is 0 Å². The van der Waals surface area contributed by atoms with E-state index < -0.39 is 0 Å². The minimum atomic E-state index is -0.257. The maximum Gasteiger partial charge on any atom is 0.228 e. The predicted molar refractivity (Wildman–Crippen MR) is 123 cm³/mol. The van der Waals surface area contributed by atoms with E-state index >= 15 is 0 Å². The number of amides is 1. The molecule has 0 unspecified atom stereocenters. The van der Waals surface area contributed by atoms with Gasteiger partial charge in [0.05, 0.1) is 6.04 Å². The SMILES string of the molecule is CCC(=O)N1C(c2ccc(C)cc2)=N[C@H](c2ccc(Cl)cc2)[C@@H]1c1ccc(Cl)cc1. The van der Waals surface area contributed by atoms with Crippen LogP contribution in [-0.4, -0.2) is 16.6 Å². The van der Waals surface area contributed by atoms with Crippen molar-refractivity contribution in [1.29, 1.82) is 0 Å². The Kier molecular flexibility index (Phi) is 5.94. The summed E-state index contributed by atoms with van der Waals surface area (Å²) in [6, 6.07) is 23.0. The number of benzene rings is 3. The van der Waals surface area contributed by atoms with Gasteiger partial charge in [0.15, 0.2) is 0 Å². The molecule has 0 aliphatic carbocycles. The van der Waals surface area contributed by atoms with Crippen LogP contribution in [0.25, 0.3) is 0 Å². The van der Waals surface area contributed by atoms with Crippen LogP contribution >= 0.6 is 23.2 Å². The molecule has 0 spiro atoms. The number of hydrogen-bond donors (Lipinski definition) is 0. The van der Waals surface area contributed by atoms with E-state index in [1.54, 1.807) is 0 Å². The summed E-state index contributed by atoms with van der Waals surface area (Å²) in [5.41, 5.74) is 4.09. The molecule has 2 atom stereocenters. The Labute approximate surface area is 187 Å². The number of carbonyl (C=O) groups is 1.